The minimum Gasteiger partial charge on any atom is -0.212 e. The second-order valence-electron chi connectivity index (χ2n) is 4.35. The lowest BCUT2D eigenvalue weighted by Gasteiger charge is -2.25. The molecule has 0 saturated carbocycles. The second kappa shape index (κ2) is 5.50. The van der Waals surface area contributed by atoms with Crippen LogP contribution in [0.5, 0.6) is 0 Å². The van der Waals surface area contributed by atoms with E-state index in [9.17, 15) is 8.42 Å². The minimum absolute atomic E-state index is 0.104. The van der Waals surface area contributed by atoms with Gasteiger partial charge in [-0.1, -0.05) is 34.5 Å². The van der Waals surface area contributed by atoms with Gasteiger partial charge in [0.05, 0.1) is 5.75 Å². The Balaban J connectivity index is 2.11. The van der Waals surface area contributed by atoms with E-state index >= 15 is 0 Å². The van der Waals surface area contributed by atoms with Crippen molar-refractivity contribution in [3.05, 3.63) is 34.3 Å². The predicted molar refractivity (Wildman–Crippen MR) is 72.2 cm³/mol. The lowest BCUT2D eigenvalue weighted by atomic mass is 10.2. The molecule has 2 rings (SSSR count). The van der Waals surface area contributed by atoms with E-state index in [1.807, 2.05) is 24.3 Å². The summed E-state index contributed by atoms with van der Waals surface area (Å²) in [6, 6.07) is 7.48. The fourth-order valence-corrected chi connectivity index (χ4v) is 4.12. The van der Waals surface area contributed by atoms with Crippen LogP contribution in [-0.4, -0.2) is 25.8 Å². The van der Waals surface area contributed by atoms with E-state index < -0.39 is 10.0 Å². The molecule has 94 valence electrons. The normalized spacial score (nSPS) is 18.2. The van der Waals surface area contributed by atoms with Crippen molar-refractivity contribution in [3.63, 3.8) is 0 Å². The third kappa shape index (κ3) is 3.53. The Morgan fingerprint density at radius 3 is 2.53 bits per heavy atom. The first kappa shape index (κ1) is 13.1. The van der Waals surface area contributed by atoms with E-state index in [2.05, 4.69) is 15.9 Å². The van der Waals surface area contributed by atoms with E-state index in [0.717, 1.165) is 29.3 Å². The van der Waals surface area contributed by atoms with Gasteiger partial charge in [-0.2, -0.15) is 0 Å². The topological polar surface area (TPSA) is 37.4 Å². The zero-order chi connectivity index (χ0) is 12.3. The fourth-order valence-electron chi connectivity index (χ4n) is 2.07. The van der Waals surface area contributed by atoms with Crippen molar-refractivity contribution < 1.29 is 8.42 Å². The van der Waals surface area contributed by atoms with E-state index in [0.29, 0.717) is 13.1 Å². The lowest BCUT2D eigenvalue weighted by Crippen LogP contribution is -2.36. The average Bonchev–Trinajstić information content (AvgIpc) is 2.29. The van der Waals surface area contributed by atoms with Gasteiger partial charge < -0.3 is 0 Å². The van der Waals surface area contributed by atoms with Crippen molar-refractivity contribution in [2.75, 3.05) is 13.1 Å². The number of hydrogen-bond donors (Lipinski definition) is 0. The van der Waals surface area contributed by atoms with Crippen LogP contribution in [0.1, 0.15) is 24.8 Å². The monoisotopic (exact) mass is 317 g/mol. The maximum Gasteiger partial charge on any atom is 0.218 e. The number of halogens is 1. The Morgan fingerprint density at radius 1 is 1.18 bits per heavy atom. The molecular formula is C12H16BrNO2S. The van der Waals surface area contributed by atoms with Gasteiger partial charge in [-0.3, -0.25) is 0 Å². The van der Waals surface area contributed by atoms with Crippen molar-refractivity contribution >= 4 is 26.0 Å². The highest BCUT2D eigenvalue weighted by atomic mass is 79.9. The molecule has 1 aliphatic rings. The highest BCUT2D eigenvalue weighted by Crippen LogP contribution is 2.19. The first-order valence-electron chi connectivity index (χ1n) is 5.80. The van der Waals surface area contributed by atoms with Crippen LogP contribution >= 0.6 is 15.9 Å². The Kier molecular flexibility index (Phi) is 4.22. The molecule has 1 aromatic rings. The third-order valence-corrected chi connectivity index (χ3v) is 5.29. The van der Waals surface area contributed by atoms with Crippen LogP contribution in [0.4, 0.5) is 0 Å². The zero-order valence-electron chi connectivity index (χ0n) is 9.60. The molecule has 0 aliphatic carbocycles. The Hall–Kier alpha value is -0.390. The molecule has 0 amide bonds. The summed E-state index contributed by atoms with van der Waals surface area (Å²) in [5, 5.41) is 0. The SMILES string of the molecule is O=S(=O)(Cc1cccc(Br)c1)N1CCCCC1. The van der Waals surface area contributed by atoms with Crippen LogP contribution in [0.2, 0.25) is 0 Å². The summed E-state index contributed by atoms with van der Waals surface area (Å²) in [4.78, 5) is 0. The van der Waals surface area contributed by atoms with Crippen molar-refractivity contribution in [3.8, 4) is 0 Å². The number of hydrogen-bond acceptors (Lipinski definition) is 2. The summed E-state index contributed by atoms with van der Waals surface area (Å²) in [6.07, 6.45) is 3.11. The Bertz CT molecular complexity index is 481. The molecule has 3 nitrogen and oxygen atoms in total. The van der Waals surface area contributed by atoms with E-state index in [1.54, 1.807) is 4.31 Å². The molecule has 1 fully saturated rings. The van der Waals surface area contributed by atoms with Crippen molar-refractivity contribution in [1.82, 2.24) is 4.31 Å². The molecule has 1 saturated heterocycles. The van der Waals surface area contributed by atoms with Crippen LogP contribution in [0, 0.1) is 0 Å². The largest absolute Gasteiger partial charge is 0.218 e. The predicted octanol–water partition coefficient (Wildman–Crippen LogP) is 2.76. The highest BCUT2D eigenvalue weighted by molar-refractivity contribution is 9.10. The molecule has 0 aromatic heterocycles. The third-order valence-electron chi connectivity index (χ3n) is 2.95. The molecule has 0 unspecified atom stereocenters. The quantitative estimate of drug-likeness (QED) is 0.859. The molecule has 5 heteroatoms. The Morgan fingerprint density at radius 2 is 1.88 bits per heavy atom. The van der Waals surface area contributed by atoms with Gasteiger partial charge in [0.1, 0.15) is 0 Å². The van der Waals surface area contributed by atoms with Crippen LogP contribution < -0.4 is 0 Å². The van der Waals surface area contributed by atoms with Crippen molar-refractivity contribution in [1.29, 1.82) is 0 Å². The van der Waals surface area contributed by atoms with E-state index in [1.165, 1.54) is 0 Å². The van der Waals surface area contributed by atoms with Crippen molar-refractivity contribution in [2.45, 2.75) is 25.0 Å². The van der Waals surface area contributed by atoms with Crippen LogP contribution in [-0.2, 0) is 15.8 Å². The number of rotatable bonds is 3. The summed E-state index contributed by atoms with van der Waals surface area (Å²) in [5.74, 6) is 0.104. The average molecular weight is 318 g/mol. The highest BCUT2D eigenvalue weighted by Gasteiger charge is 2.23. The fraction of sp³-hybridized carbons (Fsp3) is 0.500. The van der Waals surface area contributed by atoms with Crippen LogP contribution in [0.15, 0.2) is 28.7 Å². The summed E-state index contributed by atoms with van der Waals surface area (Å²) in [6.45, 7) is 1.35. The summed E-state index contributed by atoms with van der Waals surface area (Å²) >= 11 is 3.36. The first-order valence-corrected chi connectivity index (χ1v) is 8.20. The molecule has 1 aliphatic heterocycles. The number of piperidine rings is 1. The smallest absolute Gasteiger partial charge is 0.212 e. The van der Waals surface area contributed by atoms with Gasteiger partial charge >= 0.3 is 0 Å². The number of benzene rings is 1. The first-order chi connectivity index (χ1) is 8.08. The van der Waals surface area contributed by atoms with Gasteiger partial charge in [0.25, 0.3) is 0 Å². The van der Waals surface area contributed by atoms with Gasteiger partial charge in [-0.05, 0) is 30.5 Å². The van der Waals surface area contributed by atoms with Crippen molar-refractivity contribution in [2.24, 2.45) is 0 Å². The van der Waals surface area contributed by atoms with Gasteiger partial charge in [0.2, 0.25) is 10.0 Å². The molecule has 17 heavy (non-hydrogen) atoms. The molecule has 0 bridgehead atoms. The minimum atomic E-state index is -3.14. The summed E-state index contributed by atoms with van der Waals surface area (Å²) < 4.78 is 26.9. The van der Waals surface area contributed by atoms with Crippen LogP contribution in [0.25, 0.3) is 0 Å². The molecule has 0 radical (unpaired) electrons. The molecule has 0 atom stereocenters. The lowest BCUT2D eigenvalue weighted by molar-refractivity contribution is 0.346. The van der Waals surface area contributed by atoms with Gasteiger partial charge in [0.15, 0.2) is 0 Å². The standard InChI is InChI=1S/C12H16BrNO2S/c13-12-6-4-5-11(9-12)10-17(15,16)14-7-2-1-3-8-14/h4-6,9H,1-3,7-8,10H2. The summed E-state index contributed by atoms with van der Waals surface area (Å²) in [7, 11) is -3.14. The zero-order valence-corrected chi connectivity index (χ0v) is 12.0. The second-order valence-corrected chi connectivity index (χ2v) is 7.23. The van der Waals surface area contributed by atoms with E-state index in [4.69, 9.17) is 0 Å². The Labute approximate surface area is 111 Å². The van der Waals surface area contributed by atoms with Gasteiger partial charge in [-0.25, -0.2) is 12.7 Å². The van der Waals surface area contributed by atoms with Gasteiger partial charge in [0, 0.05) is 17.6 Å². The maximum atomic E-state index is 12.2. The van der Waals surface area contributed by atoms with E-state index in [-0.39, 0.29) is 5.75 Å². The van der Waals surface area contributed by atoms with Crippen LogP contribution in [0.3, 0.4) is 0 Å². The molecule has 0 spiro atoms. The maximum absolute atomic E-state index is 12.2. The molecule has 1 aromatic carbocycles. The van der Waals surface area contributed by atoms with Gasteiger partial charge in [-0.15, -0.1) is 0 Å². The number of sulfonamides is 1. The molecule has 0 N–H and O–H groups in total. The molecular weight excluding hydrogens is 302 g/mol. The molecule has 1 heterocycles. The number of nitrogens with zero attached hydrogens (tertiary/aromatic N) is 1. The summed E-state index contributed by atoms with van der Waals surface area (Å²) in [5.41, 5.74) is 0.838.